The number of ketones is 1. The highest BCUT2D eigenvalue weighted by atomic mass is 16.7. The van der Waals surface area contributed by atoms with Gasteiger partial charge in [0.05, 0.1) is 18.1 Å². The summed E-state index contributed by atoms with van der Waals surface area (Å²) in [7, 11) is 1.59. The van der Waals surface area contributed by atoms with E-state index in [4.69, 9.17) is 14.2 Å². The first kappa shape index (κ1) is 21.1. The number of carbonyl (C=O) groups excluding carboxylic acids is 1. The van der Waals surface area contributed by atoms with Crippen LogP contribution in [0.1, 0.15) is 32.3 Å². The predicted molar refractivity (Wildman–Crippen MR) is 104 cm³/mol. The fourth-order valence-electron chi connectivity index (χ4n) is 4.12. The van der Waals surface area contributed by atoms with Crippen molar-refractivity contribution in [3.05, 3.63) is 51.5 Å². The molecule has 158 valence electrons. The van der Waals surface area contributed by atoms with Crippen LogP contribution >= 0.6 is 0 Å². The Morgan fingerprint density at radius 2 is 1.86 bits per heavy atom. The summed E-state index contributed by atoms with van der Waals surface area (Å²) in [6.07, 6.45) is 0.206. The average Bonchev–Trinajstić information content (AvgIpc) is 2.68. The Kier molecular flexibility index (Phi) is 6.39. The third-order valence-corrected chi connectivity index (χ3v) is 5.30. The maximum Gasteiger partial charge on any atom is 0.294 e. The van der Waals surface area contributed by atoms with Crippen LogP contribution in [0, 0.1) is 16.0 Å². The number of benzene rings is 1. The highest BCUT2D eigenvalue weighted by Gasteiger charge is 2.61. The third kappa shape index (κ3) is 4.06. The van der Waals surface area contributed by atoms with Crippen LogP contribution in [0.4, 0.5) is 0 Å². The molecule has 1 heterocycles. The molecule has 9 heteroatoms. The van der Waals surface area contributed by atoms with E-state index in [1.165, 1.54) is 0 Å². The largest absolute Gasteiger partial charge is 0.497 e. The molecule has 2 unspecified atom stereocenters. The van der Waals surface area contributed by atoms with Gasteiger partial charge < -0.3 is 24.8 Å². The maximum absolute atomic E-state index is 12.3. The smallest absolute Gasteiger partial charge is 0.294 e. The summed E-state index contributed by atoms with van der Waals surface area (Å²) in [5.41, 5.74) is 0.834. The van der Waals surface area contributed by atoms with E-state index in [1.54, 1.807) is 7.11 Å². The molecule has 2 N–H and O–H groups in total. The standard InChI is InChI=1S/C20H27N3O6/c1-4-28-20(29-5-2)16-10-14(24)11-17(20)22-19(18(16)23(25)26)21-12-13-6-8-15(27-3)9-7-13/h6-9,16-17,21-22H,4-5,10-12H2,1-3H3. The number of rotatable bonds is 9. The monoisotopic (exact) mass is 405 g/mol. The highest BCUT2D eigenvalue weighted by Crippen LogP contribution is 2.44. The number of hydrogen-bond donors (Lipinski definition) is 2. The van der Waals surface area contributed by atoms with E-state index in [-0.39, 0.29) is 24.3 Å². The van der Waals surface area contributed by atoms with Crippen LogP contribution in [-0.2, 0) is 20.8 Å². The number of carbonyl (C=O) groups is 1. The minimum absolute atomic E-state index is 0.0161. The Morgan fingerprint density at radius 1 is 1.21 bits per heavy atom. The second-order valence-corrected chi connectivity index (χ2v) is 7.00. The van der Waals surface area contributed by atoms with Crippen molar-refractivity contribution in [2.24, 2.45) is 5.92 Å². The predicted octanol–water partition coefficient (Wildman–Crippen LogP) is 1.95. The number of nitro groups is 1. The fraction of sp³-hybridized carbons (Fsp3) is 0.550. The van der Waals surface area contributed by atoms with Crippen molar-refractivity contribution in [3.63, 3.8) is 0 Å². The van der Waals surface area contributed by atoms with Crippen molar-refractivity contribution >= 4 is 5.78 Å². The second kappa shape index (κ2) is 8.79. The number of hydrogen-bond acceptors (Lipinski definition) is 8. The molecule has 9 nitrogen and oxygen atoms in total. The molecule has 0 radical (unpaired) electrons. The molecule has 0 amide bonds. The van der Waals surface area contributed by atoms with Gasteiger partial charge in [0, 0.05) is 32.6 Å². The number of Topliss-reactive ketones (excluding diaryl/α,β-unsaturated/α-hetero) is 1. The summed E-state index contributed by atoms with van der Waals surface area (Å²) in [5.74, 6) is -1.02. The van der Waals surface area contributed by atoms with Crippen LogP contribution in [0.25, 0.3) is 0 Å². The van der Waals surface area contributed by atoms with Crippen molar-refractivity contribution < 1.29 is 23.9 Å². The van der Waals surface area contributed by atoms with Crippen LogP contribution < -0.4 is 15.4 Å². The van der Waals surface area contributed by atoms with Gasteiger partial charge in [0.25, 0.3) is 5.70 Å². The number of nitrogens with zero attached hydrogens (tertiary/aromatic N) is 1. The second-order valence-electron chi connectivity index (χ2n) is 7.00. The van der Waals surface area contributed by atoms with Gasteiger partial charge in [-0.05, 0) is 31.5 Å². The summed E-state index contributed by atoms with van der Waals surface area (Å²) >= 11 is 0. The van der Waals surface area contributed by atoms with Crippen molar-refractivity contribution in [2.75, 3.05) is 20.3 Å². The van der Waals surface area contributed by atoms with Crippen LogP contribution in [0.3, 0.4) is 0 Å². The molecule has 1 aliphatic carbocycles. The first-order valence-corrected chi connectivity index (χ1v) is 9.76. The lowest BCUT2D eigenvalue weighted by Gasteiger charge is -2.49. The molecule has 1 fully saturated rings. The van der Waals surface area contributed by atoms with E-state index in [0.717, 1.165) is 11.3 Å². The molecule has 2 atom stereocenters. The SMILES string of the molecule is CCOC1(OCC)C2CC(=O)CC1C([N+](=O)[O-])=C(NCc1ccc(OC)cc1)N2. The fourth-order valence-corrected chi connectivity index (χ4v) is 4.12. The van der Waals surface area contributed by atoms with Crippen molar-refractivity contribution in [1.82, 2.24) is 10.6 Å². The number of fused-ring (bicyclic) bond motifs is 2. The summed E-state index contributed by atoms with van der Waals surface area (Å²) in [5, 5.41) is 18.3. The van der Waals surface area contributed by atoms with Gasteiger partial charge in [0.2, 0.25) is 5.79 Å². The normalized spacial score (nSPS) is 22.8. The van der Waals surface area contributed by atoms with E-state index in [2.05, 4.69) is 10.6 Å². The van der Waals surface area contributed by atoms with Gasteiger partial charge in [0.1, 0.15) is 17.5 Å². The van der Waals surface area contributed by atoms with Gasteiger partial charge in [-0.1, -0.05) is 12.1 Å². The number of methoxy groups -OCH3 is 1. The lowest BCUT2D eigenvalue weighted by molar-refractivity contribution is -0.452. The molecule has 1 aromatic rings. The lowest BCUT2D eigenvalue weighted by atomic mass is 9.74. The average molecular weight is 405 g/mol. The van der Waals surface area contributed by atoms with E-state index >= 15 is 0 Å². The molecule has 0 saturated heterocycles. The topological polar surface area (TPSA) is 112 Å². The van der Waals surface area contributed by atoms with E-state index in [9.17, 15) is 14.9 Å². The highest BCUT2D eigenvalue weighted by molar-refractivity contribution is 5.81. The number of nitrogens with one attached hydrogen (secondary N) is 2. The van der Waals surface area contributed by atoms with Gasteiger partial charge >= 0.3 is 0 Å². The van der Waals surface area contributed by atoms with Crippen LogP contribution in [0.2, 0.25) is 0 Å². The van der Waals surface area contributed by atoms with E-state index in [1.807, 2.05) is 38.1 Å². The molecule has 1 aliphatic heterocycles. The Labute approximate surface area is 169 Å². The van der Waals surface area contributed by atoms with E-state index < -0.39 is 22.7 Å². The van der Waals surface area contributed by atoms with Gasteiger partial charge in [-0.3, -0.25) is 14.9 Å². The summed E-state index contributed by atoms with van der Waals surface area (Å²) in [6, 6.07) is 6.93. The summed E-state index contributed by atoms with van der Waals surface area (Å²) in [6.45, 7) is 4.65. The Hall–Kier alpha value is -2.65. The minimum Gasteiger partial charge on any atom is -0.497 e. The molecule has 2 aliphatic rings. The summed E-state index contributed by atoms with van der Waals surface area (Å²) in [4.78, 5) is 23.8. The first-order valence-electron chi connectivity index (χ1n) is 9.76. The van der Waals surface area contributed by atoms with Crippen LogP contribution in [0.15, 0.2) is 35.8 Å². The molecular weight excluding hydrogens is 378 g/mol. The zero-order chi connectivity index (χ0) is 21.0. The molecule has 0 spiro atoms. The third-order valence-electron chi connectivity index (χ3n) is 5.30. The van der Waals surface area contributed by atoms with Crippen molar-refractivity contribution in [2.45, 2.75) is 45.1 Å². The lowest BCUT2D eigenvalue weighted by Crippen LogP contribution is -2.67. The minimum atomic E-state index is -1.23. The van der Waals surface area contributed by atoms with Crippen LogP contribution in [0.5, 0.6) is 5.75 Å². The molecular formula is C20H27N3O6. The van der Waals surface area contributed by atoms with Crippen LogP contribution in [-0.4, -0.2) is 42.9 Å². The zero-order valence-electron chi connectivity index (χ0n) is 16.9. The van der Waals surface area contributed by atoms with Gasteiger partial charge in [-0.15, -0.1) is 0 Å². The van der Waals surface area contributed by atoms with Crippen molar-refractivity contribution in [1.29, 1.82) is 0 Å². The molecule has 2 bridgehead atoms. The molecule has 1 saturated carbocycles. The summed E-state index contributed by atoms with van der Waals surface area (Å²) < 4.78 is 17.0. The molecule has 29 heavy (non-hydrogen) atoms. The van der Waals surface area contributed by atoms with Gasteiger partial charge in [-0.25, -0.2) is 0 Å². The van der Waals surface area contributed by atoms with E-state index in [0.29, 0.717) is 25.6 Å². The number of ether oxygens (including phenoxy) is 3. The molecule has 0 aromatic heterocycles. The van der Waals surface area contributed by atoms with Gasteiger partial charge in [0.15, 0.2) is 5.82 Å². The Morgan fingerprint density at radius 3 is 2.41 bits per heavy atom. The Balaban J connectivity index is 1.93. The Bertz CT molecular complexity index is 786. The van der Waals surface area contributed by atoms with Crippen molar-refractivity contribution in [3.8, 4) is 5.75 Å². The molecule has 3 rings (SSSR count). The first-order chi connectivity index (χ1) is 13.9. The quantitative estimate of drug-likeness (QED) is 0.364. The van der Waals surface area contributed by atoms with Gasteiger partial charge in [-0.2, -0.15) is 0 Å². The molecule has 1 aromatic carbocycles. The zero-order valence-corrected chi connectivity index (χ0v) is 16.9. The maximum atomic E-state index is 12.3.